The number of pyridine rings is 1. The Morgan fingerprint density at radius 1 is 1.09 bits per heavy atom. The third-order valence-corrected chi connectivity index (χ3v) is 4.06. The summed E-state index contributed by atoms with van der Waals surface area (Å²) in [6.45, 7) is 4.11. The Kier molecular flexibility index (Phi) is 4.30. The van der Waals surface area contributed by atoms with Gasteiger partial charge in [-0.2, -0.15) is 0 Å². The summed E-state index contributed by atoms with van der Waals surface area (Å²) in [6.07, 6.45) is 1.62. The minimum absolute atomic E-state index is 0.253. The van der Waals surface area contributed by atoms with Gasteiger partial charge in [-0.15, -0.1) is 0 Å². The maximum atomic E-state index is 12.2. The third-order valence-electron chi connectivity index (χ3n) is 3.59. The molecule has 0 aliphatic carbocycles. The molecule has 2 aromatic heterocycles. The summed E-state index contributed by atoms with van der Waals surface area (Å²) in [5.74, 6) is 1.07. The largest absolute Gasteiger partial charge is 0.451 e. The lowest BCUT2D eigenvalue weighted by Gasteiger charge is -2.03. The van der Waals surface area contributed by atoms with Gasteiger partial charge in [0.2, 0.25) is 0 Å². The van der Waals surface area contributed by atoms with Gasteiger partial charge in [-0.05, 0) is 71.2 Å². The molecule has 5 heteroatoms. The van der Waals surface area contributed by atoms with Crippen LogP contribution in [-0.4, -0.2) is 10.9 Å². The van der Waals surface area contributed by atoms with E-state index in [-0.39, 0.29) is 11.7 Å². The molecule has 0 radical (unpaired) electrons. The molecule has 1 N–H and O–H groups in total. The highest BCUT2D eigenvalue weighted by Crippen LogP contribution is 2.24. The fourth-order valence-corrected chi connectivity index (χ4v) is 2.37. The quantitative estimate of drug-likeness (QED) is 0.707. The predicted octanol–water partition coefficient (Wildman–Crippen LogP) is 4.97. The van der Waals surface area contributed by atoms with Crippen molar-refractivity contribution in [1.29, 1.82) is 0 Å². The number of nitrogens with one attached hydrogen (secondary N) is 1. The number of carbonyl (C=O) groups is 1. The lowest BCUT2D eigenvalue weighted by molar-refractivity contribution is 0.0997. The number of halogens is 1. The molecule has 0 atom stereocenters. The predicted molar refractivity (Wildman–Crippen MR) is 93.5 cm³/mol. The van der Waals surface area contributed by atoms with Crippen molar-refractivity contribution in [2.75, 3.05) is 5.32 Å². The number of aromatic nitrogens is 1. The van der Waals surface area contributed by atoms with Crippen LogP contribution in [0.4, 0.5) is 5.82 Å². The first-order valence-corrected chi connectivity index (χ1v) is 7.92. The van der Waals surface area contributed by atoms with Crippen LogP contribution in [0.1, 0.15) is 21.7 Å². The molecule has 0 spiro atoms. The lowest BCUT2D eigenvalue weighted by atomic mass is 10.1. The van der Waals surface area contributed by atoms with E-state index in [9.17, 15) is 4.79 Å². The molecule has 3 rings (SSSR count). The van der Waals surface area contributed by atoms with Gasteiger partial charge in [0.15, 0.2) is 5.76 Å². The Morgan fingerprint density at radius 2 is 1.91 bits per heavy atom. The number of hydrogen-bond donors (Lipinski definition) is 1. The zero-order chi connectivity index (χ0) is 16.4. The molecule has 0 unspecified atom stereocenters. The van der Waals surface area contributed by atoms with Crippen LogP contribution in [0.3, 0.4) is 0 Å². The van der Waals surface area contributed by atoms with Crippen molar-refractivity contribution in [3.8, 4) is 11.3 Å². The first kappa shape index (κ1) is 15.5. The Bertz CT molecular complexity index is 854. The van der Waals surface area contributed by atoms with Crippen LogP contribution in [0.15, 0.2) is 57.6 Å². The number of anilines is 1. The third kappa shape index (κ3) is 3.51. The molecule has 0 saturated heterocycles. The van der Waals surface area contributed by atoms with Gasteiger partial charge in [-0.25, -0.2) is 4.98 Å². The summed E-state index contributed by atoms with van der Waals surface area (Å²) in [6, 6.07) is 13.1. The van der Waals surface area contributed by atoms with Gasteiger partial charge in [0.25, 0.3) is 5.91 Å². The summed E-state index contributed by atoms with van der Waals surface area (Å²) in [5.41, 5.74) is 3.36. The van der Waals surface area contributed by atoms with Crippen molar-refractivity contribution in [1.82, 2.24) is 4.98 Å². The molecule has 3 aromatic rings. The van der Waals surface area contributed by atoms with E-state index in [4.69, 9.17) is 4.42 Å². The number of rotatable bonds is 3. The Hall–Kier alpha value is -2.40. The van der Waals surface area contributed by atoms with Crippen molar-refractivity contribution >= 4 is 27.7 Å². The van der Waals surface area contributed by atoms with Gasteiger partial charge in [0.1, 0.15) is 11.6 Å². The van der Waals surface area contributed by atoms with E-state index >= 15 is 0 Å². The summed E-state index contributed by atoms with van der Waals surface area (Å²) in [5, 5.41) is 2.71. The fourth-order valence-electron chi connectivity index (χ4n) is 2.14. The topological polar surface area (TPSA) is 55.1 Å². The van der Waals surface area contributed by atoms with Crippen LogP contribution in [-0.2, 0) is 0 Å². The fraction of sp³-hybridized carbons (Fsp3) is 0.111. The average Bonchev–Trinajstić information content (AvgIpc) is 3.02. The summed E-state index contributed by atoms with van der Waals surface area (Å²) in [7, 11) is 0. The summed E-state index contributed by atoms with van der Waals surface area (Å²) in [4.78, 5) is 16.3. The molecule has 0 fully saturated rings. The zero-order valence-corrected chi connectivity index (χ0v) is 14.3. The van der Waals surface area contributed by atoms with E-state index in [0.717, 1.165) is 10.0 Å². The van der Waals surface area contributed by atoms with Gasteiger partial charge in [-0.1, -0.05) is 12.1 Å². The van der Waals surface area contributed by atoms with Crippen molar-refractivity contribution in [3.63, 3.8) is 0 Å². The lowest BCUT2D eigenvalue weighted by Crippen LogP contribution is -2.11. The smallest absolute Gasteiger partial charge is 0.292 e. The summed E-state index contributed by atoms with van der Waals surface area (Å²) < 4.78 is 6.53. The van der Waals surface area contributed by atoms with Crippen LogP contribution >= 0.6 is 15.9 Å². The monoisotopic (exact) mass is 370 g/mol. The van der Waals surface area contributed by atoms with Crippen LogP contribution < -0.4 is 5.32 Å². The Morgan fingerprint density at radius 3 is 2.61 bits per heavy atom. The van der Waals surface area contributed by atoms with Crippen LogP contribution in [0.25, 0.3) is 11.3 Å². The number of hydrogen-bond acceptors (Lipinski definition) is 3. The normalized spacial score (nSPS) is 10.6. The second-order valence-corrected chi connectivity index (χ2v) is 6.19. The minimum atomic E-state index is -0.324. The van der Waals surface area contributed by atoms with Crippen LogP contribution in [0.2, 0.25) is 0 Å². The van der Waals surface area contributed by atoms with E-state index in [1.165, 1.54) is 11.1 Å². The molecular formula is C18H15BrN2O2. The number of furan rings is 1. The van der Waals surface area contributed by atoms with Gasteiger partial charge in [-0.3, -0.25) is 4.79 Å². The first-order valence-electron chi connectivity index (χ1n) is 7.13. The molecule has 116 valence electrons. The second-order valence-electron chi connectivity index (χ2n) is 5.28. The number of benzene rings is 1. The van der Waals surface area contributed by atoms with Gasteiger partial charge < -0.3 is 9.73 Å². The molecule has 0 saturated carbocycles. The molecule has 4 nitrogen and oxygen atoms in total. The van der Waals surface area contributed by atoms with E-state index < -0.39 is 0 Å². The average molecular weight is 371 g/mol. The highest BCUT2D eigenvalue weighted by Gasteiger charge is 2.13. The number of nitrogens with zero attached hydrogens (tertiary/aromatic N) is 1. The van der Waals surface area contributed by atoms with Gasteiger partial charge in [0, 0.05) is 16.2 Å². The number of amides is 1. The zero-order valence-electron chi connectivity index (χ0n) is 12.8. The molecular weight excluding hydrogens is 356 g/mol. The molecule has 0 aliphatic heterocycles. The van der Waals surface area contributed by atoms with Crippen molar-refractivity contribution in [2.24, 2.45) is 0 Å². The van der Waals surface area contributed by atoms with Crippen molar-refractivity contribution in [2.45, 2.75) is 13.8 Å². The molecule has 0 aliphatic rings. The standard InChI is InChI=1S/C18H15BrN2O2/c1-11-3-4-13(9-12(11)2)15-6-7-16(23-15)18(22)21-17-8-5-14(19)10-20-17/h3-10H,1-2H3,(H,20,21,22). The molecule has 1 amide bonds. The number of carbonyl (C=O) groups excluding carboxylic acids is 1. The summed E-state index contributed by atoms with van der Waals surface area (Å²) >= 11 is 3.30. The van der Waals surface area contributed by atoms with Crippen LogP contribution in [0.5, 0.6) is 0 Å². The van der Waals surface area contributed by atoms with Crippen LogP contribution in [0, 0.1) is 13.8 Å². The molecule has 23 heavy (non-hydrogen) atoms. The minimum Gasteiger partial charge on any atom is -0.451 e. The molecule has 1 aromatic carbocycles. The van der Waals surface area contributed by atoms with E-state index in [1.807, 2.05) is 24.3 Å². The van der Waals surface area contributed by atoms with Crippen molar-refractivity contribution < 1.29 is 9.21 Å². The Balaban J connectivity index is 1.79. The SMILES string of the molecule is Cc1ccc(-c2ccc(C(=O)Nc3ccc(Br)cn3)o2)cc1C. The van der Waals surface area contributed by atoms with Gasteiger partial charge in [0.05, 0.1) is 0 Å². The first-order chi connectivity index (χ1) is 11.0. The van der Waals surface area contributed by atoms with E-state index in [2.05, 4.69) is 40.1 Å². The van der Waals surface area contributed by atoms with E-state index in [0.29, 0.717) is 11.6 Å². The number of aryl methyl sites for hydroxylation is 2. The van der Waals surface area contributed by atoms with Gasteiger partial charge >= 0.3 is 0 Å². The highest BCUT2D eigenvalue weighted by atomic mass is 79.9. The van der Waals surface area contributed by atoms with E-state index in [1.54, 1.807) is 24.4 Å². The molecule has 0 bridgehead atoms. The Labute approximate surface area is 142 Å². The van der Waals surface area contributed by atoms with Crippen molar-refractivity contribution in [3.05, 3.63) is 70.0 Å². The highest BCUT2D eigenvalue weighted by molar-refractivity contribution is 9.10. The molecule has 2 heterocycles. The second kappa shape index (κ2) is 6.38. The maximum Gasteiger partial charge on any atom is 0.292 e. The maximum absolute atomic E-state index is 12.2.